The van der Waals surface area contributed by atoms with Crippen LogP contribution in [0.4, 0.5) is 13.2 Å². The van der Waals surface area contributed by atoms with Gasteiger partial charge in [0, 0.05) is 13.2 Å². The van der Waals surface area contributed by atoms with E-state index >= 15 is 0 Å². The molecule has 1 atom stereocenters. The van der Waals surface area contributed by atoms with Crippen molar-refractivity contribution in [1.82, 2.24) is 10.6 Å². The Hall–Kier alpha value is -1.40. The quantitative estimate of drug-likeness (QED) is 0.708. The number of esters is 1. The highest BCUT2D eigenvalue weighted by molar-refractivity contribution is 5.75. The van der Waals surface area contributed by atoms with Crippen LogP contribution in [0.15, 0.2) is 11.9 Å². The maximum Gasteiger partial charge on any atom is 0.432 e. The van der Waals surface area contributed by atoms with Crippen LogP contribution in [0, 0.1) is 0 Å². The molecule has 0 amide bonds. The first-order chi connectivity index (χ1) is 7.32. The Morgan fingerprint density at radius 2 is 2.06 bits per heavy atom. The van der Waals surface area contributed by atoms with Crippen LogP contribution in [0.25, 0.3) is 0 Å². The Balaban J connectivity index is 4.39. The van der Waals surface area contributed by atoms with Gasteiger partial charge in [0.05, 0.1) is 6.61 Å². The Labute approximate surface area is 91.8 Å². The van der Waals surface area contributed by atoms with E-state index in [0.29, 0.717) is 6.20 Å². The third kappa shape index (κ3) is 4.90. The van der Waals surface area contributed by atoms with Gasteiger partial charge in [0.15, 0.2) is 0 Å². The summed E-state index contributed by atoms with van der Waals surface area (Å²) in [7, 11) is 1.15. The lowest BCUT2D eigenvalue weighted by Gasteiger charge is -2.14. The molecule has 16 heavy (non-hydrogen) atoms. The molecule has 0 aliphatic rings. The van der Waals surface area contributed by atoms with Gasteiger partial charge in [-0.3, -0.25) is 0 Å². The van der Waals surface area contributed by atoms with Crippen molar-refractivity contribution in [2.45, 2.75) is 26.1 Å². The largest absolute Gasteiger partial charge is 0.464 e. The molecule has 0 saturated heterocycles. The van der Waals surface area contributed by atoms with E-state index in [0.717, 1.165) is 7.05 Å². The second kappa shape index (κ2) is 6.24. The van der Waals surface area contributed by atoms with Crippen molar-refractivity contribution in [3.05, 3.63) is 11.9 Å². The van der Waals surface area contributed by atoms with Crippen LogP contribution in [0.2, 0.25) is 0 Å². The molecular weight excluding hydrogens is 225 g/mol. The number of nitrogens with one attached hydrogen (secondary N) is 2. The van der Waals surface area contributed by atoms with Gasteiger partial charge in [0.2, 0.25) is 0 Å². The summed E-state index contributed by atoms with van der Waals surface area (Å²) in [5.41, 5.74) is -0.955. The zero-order valence-electron chi connectivity index (χ0n) is 9.31. The maximum absolute atomic E-state index is 12.2. The molecule has 2 N–H and O–H groups in total. The van der Waals surface area contributed by atoms with Gasteiger partial charge < -0.3 is 15.4 Å². The van der Waals surface area contributed by atoms with E-state index in [2.05, 4.69) is 10.1 Å². The van der Waals surface area contributed by atoms with E-state index < -0.39 is 23.9 Å². The number of halogens is 3. The zero-order chi connectivity index (χ0) is 12.8. The predicted molar refractivity (Wildman–Crippen MR) is 52.4 cm³/mol. The average Bonchev–Trinajstić information content (AvgIpc) is 2.16. The molecule has 0 radical (unpaired) electrons. The van der Waals surface area contributed by atoms with Crippen molar-refractivity contribution < 1.29 is 22.7 Å². The second-order valence-electron chi connectivity index (χ2n) is 2.95. The normalized spacial score (nSPS) is 14.2. The first kappa shape index (κ1) is 14.6. The summed E-state index contributed by atoms with van der Waals surface area (Å²) >= 11 is 0. The molecular formula is C9H15F3N2O2. The van der Waals surface area contributed by atoms with Gasteiger partial charge >= 0.3 is 12.1 Å². The fourth-order valence-corrected chi connectivity index (χ4v) is 0.839. The molecule has 0 saturated carbocycles. The number of hydrogen-bond acceptors (Lipinski definition) is 4. The number of hydrogen-bond donors (Lipinski definition) is 2. The van der Waals surface area contributed by atoms with E-state index in [4.69, 9.17) is 0 Å². The summed E-state index contributed by atoms with van der Waals surface area (Å²) in [6.07, 6.45) is -3.77. The van der Waals surface area contributed by atoms with Crippen molar-refractivity contribution in [3.63, 3.8) is 0 Å². The Kier molecular flexibility index (Phi) is 5.69. The highest BCUT2D eigenvalue weighted by atomic mass is 19.4. The fraction of sp³-hybridized carbons (Fsp3) is 0.667. The van der Waals surface area contributed by atoms with Gasteiger partial charge in [0.1, 0.15) is 11.7 Å². The smallest absolute Gasteiger partial charge is 0.432 e. The van der Waals surface area contributed by atoms with Gasteiger partial charge in [-0.05, 0) is 13.8 Å². The van der Waals surface area contributed by atoms with Gasteiger partial charge in [-0.25, -0.2) is 4.79 Å². The second-order valence-corrected chi connectivity index (χ2v) is 2.95. The highest BCUT2D eigenvalue weighted by Gasteiger charge is 2.33. The summed E-state index contributed by atoms with van der Waals surface area (Å²) < 4.78 is 41.3. The molecule has 0 fully saturated rings. The molecule has 0 aromatic carbocycles. The summed E-state index contributed by atoms with van der Waals surface area (Å²) in [5.74, 6) is -0.601. The third-order valence-electron chi connectivity index (χ3n) is 1.69. The van der Waals surface area contributed by atoms with Crippen molar-refractivity contribution in [2.24, 2.45) is 0 Å². The van der Waals surface area contributed by atoms with Crippen LogP contribution in [0.1, 0.15) is 13.8 Å². The molecule has 0 aromatic heterocycles. The van der Waals surface area contributed by atoms with Crippen LogP contribution in [0.5, 0.6) is 0 Å². The van der Waals surface area contributed by atoms with Crippen LogP contribution in [-0.2, 0) is 9.53 Å². The lowest BCUT2D eigenvalue weighted by Crippen LogP contribution is -2.34. The highest BCUT2D eigenvalue weighted by Crippen LogP contribution is 2.22. The van der Waals surface area contributed by atoms with Crippen LogP contribution in [-0.4, -0.2) is 31.8 Å². The Morgan fingerprint density at radius 1 is 1.50 bits per heavy atom. The lowest BCUT2D eigenvalue weighted by molar-refractivity contribution is -0.144. The molecule has 0 aliphatic carbocycles. The minimum absolute atomic E-state index is 0.187. The van der Waals surface area contributed by atoms with Crippen molar-refractivity contribution in [3.8, 4) is 0 Å². The monoisotopic (exact) mass is 240 g/mol. The van der Waals surface area contributed by atoms with E-state index in [1.165, 1.54) is 6.92 Å². The van der Waals surface area contributed by atoms with Gasteiger partial charge in [-0.2, -0.15) is 13.2 Å². The molecule has 94 valence electrons. The summed E-state index contributed by atoms with van der Waals surface area (Å²) in [6, 6.07) is -0.828. The maximum atomic E-state index is 12.2. The molecule has 0 heterocycles. The third-order valence-corrected chi connectivity index (χ3v) is 1.69. The molecule has 0 rings (SSSR count). The summed E-state index contributed by atoms with van der Waals surface area (Å²) in [5, 5.41) is 4.30. The summed E-state index contributed by atoms with van der Waals surface area (Å²) in [6.45, 7) is 3.22. The van der Waals surface area contributed by atoms with Gasteiger partial charge in [-0.15, -0.1) is 0 Å². The molecule has 4 nitrogen and oxygen atoms in total. The average molecular weight is 240 g/mol. The van der Waals surface area contributed by atoms with Crippen LogP contribution < -0.4 is 10.6 Å². The SMILES string of the molecule is CCOC(=O)C(C)N/C=C(\NC)C(F)(F)F. The predicted octanol–water partition coefficient (Wildman–Crippen LogP) is 1.15. The molecule has 0 bridgehead atoms. The molecule has 0 aliphatic heterocycles. The number of ether oxygens (including phenoxy) is 1. The number of allylic oxidation sites excluding steroid dienone is 1. The first-order valence-electron chi connectivity index (χ1n) is 4.70. The molecule has 7 heteroatoms. The Bertz CT molecular complexity index is 264. The number of rotatable bonds is 5. The Morgan fingerprint density at radius 3 is 2.44 bits per heavy atom. The fourth-order valence-electron chi connectivity index (χ4n) is 0.839. The minimum atomic E-state index is -4.48. The zero-order valence-corrected chi connectivity index (χ0v) is 9.31. The topological polar surface area (TPSA) is 50.4 Å². The number of carbonyl (C=O) groups excluding carboxylic acids is 1. The van der Waals surface area contributed by atoms with E-state index in [1.807, 2.05) is 5.32 Å². The minimum Gasteiger partial charge on any atom is -0.464 e. The van der Waals surface area contributed by atoms with Gasteiger partial charge in [0.25, 0.3) is 0 Å². The number of carbonyl (C=O) groups is 1. The molecule has 0 spiro atoms. The van der Waals surface area contributed by atoms with E-state index in [9.17, 15) is 18.0 Å². The first-order valence-corrected chi connectivity index (χ1v) is 4.70. The van der Waals surface area contributed by atoms with Crippen molar-refractivity contribution in [1.29, 1.82) is 0 Å². The standard InChI is InChI=1S/C9H15F3N2O2/c1-4-16-8(15)6(2)14-5-7(13-3)9(10,11)12/h5-6,13-14H,4H2,1-3H3/b7-5-. The van der Waals surface area contributed by atoms with Crippen LogP contribution in [0.3, 0.4) is 0 Å². The lowest BCUT2D eigenvalue weighted by atomic mass is 10.3. The van der Waals surface area contributed by atoms with Gasteiger partial charge in [-0.1, -0.05) is 0 Å². The van der Waals surface area contributed by atoms with Crippen LogP contribution >= 0.6 is 0 Å². The molecule has 0 aromatic rings. The number of alkyl halides is 3. The van der Waals surface area contributed by atoms with Crippen molar-refractivity contribution in [2.75, 3.05) is 13.7 Å². The molecule has 1 unspecified atom stereocenters. The summed E-state index contributed by atoms with van der Waals surface area (Å²) in [4.78, 5) is 11.1. The van der Waals surface area contributed by atoms with E-state index in [-0.39, 0.29) is 6.61 Å². The van der Waals surface area contributed by atoms with E-state index in [1.54, 1.807) is 6.92 Å². The van der Waals surface area contributed by atoms with Crippen molar-refractivity contribution >= 4 is 5.97 Å².